The van der Waals surface area contributed by atoms with Crippen molar-refractivity contribution < 1.29 is 34.4 Å². The first kappa shape index (κ1) is 26.1. The van der Waals surface area contributed by atoms with Crippen molar-refractivity contribution >= 4 is 29.3 Å². The van der Waals surface area contributed by atoms with Crippen LogP contribution in [-0.4, -0.2) is 77.6 Å². The van der Waals surface area contributed by atoms with Crippen molar-refractivity contribution in [3.8, 4) is 5.75 Å². The zero-order valence-corrected chi connectivity index (χ0v) is 19.7. The van der Waals surface area contributed by atoms with Crippen LogP contribution in [0.1, 0.15) is 20.8 Å². The third-order valence-corrected chi connectivity index (χ3v) is 5.96. The van der Waals surface area contributed by atoms with Gasteiger partial charge in [0, 0.05) is 17.8 Å². The molecule has 2 amide bonds. The van der Waals surface area contributed by atoms with Crippen LogP contribution in [0, 0.1) is 5.41 Å². The van der Waals surface area contributed by atoms with Crippen LogP contribution in [0.25, 0.3) is 0 Å². The molecule has 2 rings (SSSR count). The van der Waals surface area contributed by atoms with Crippen LogP contribution in [0.3, 0.4) is 0 Å². The van der Waals surface area contributed by atoms with E-state index in [1.807, 2.05) is 26.8 Å². The van der Waals surface area contributed by atoms with E-state index in [-0.39, 0.29) is 11.2 Å². The first-order valence-corrected chi connectivity index (χ1v) is 11.1. The molecule has 0 radical (unpaired) electrons. The molecule has 1 aliphatic heterocycles. The SMILES string of the molecule is COc1cccc2c1NC(=O)[C@@H](NC(=O)C(OC)C(O)C(O)C(O)C=CC(C)(C)C)CS2. The van der Waals surface area contributed by atoms with Gasteiger partial charge in [-0.1, -0.05) is 39.0 Å². The average Bonchev–Trinajstić information content (AvgIpc) is 2.89. The maximum Gasteiger partial charge on any atom is 0.252 e. The van der Waals surface area contributed by atoms with Gasteiger partial charge in [0.15, 0.2) is 6.10 Å². The van der Waals surface area contributed by atoms with Gasteiger partial charge in [0.25, 0.3) is 5.91 Å². The maximum atomic E-state index is 12.8. The molecule has 0 bridgehead atoms. The van der Waals surface area contributed by atoms with Crippen LogP contribution in [0.5, 0.6) is 5.75 Å². The number of fused-ring (bicyclic) bond motifs is 1. The van der Waals surface area contributed by atoms with Gasteiger partial charge < -0.3 is 35.4 Å². The van der Waals surface area contributed by atoms with Crippen LogP contribution in [0.2, 0.25) is 0 Å². The number of anilines is 1. The Hall–Kier alpha value is -2.11. The molecule has 9 nitrogen and oxygen atoms in total. The second-order valence-electron chi connectivity index (χ2n) is 8.55. The highest BCUT2D eigenvalue weighted by molar-refractivity contribution is 7.99. The molecule has 0 fully saturated rings. The monoisotopic (exact) mass is 468 g/mol. The van der Waals surface area contributed by atoms with Crippen molar-refractivity contribution in [2.24, 2.45) is 5.41 Å². The molecule has 0 saturated heterocycles. The molecule has 0 aromatic heterocycles. The fourth-order valence-corrected chi connectivity index (χ4v) is 4.08. The molecule has 10 heteroatoms. The number of amides is 2. The fourth-order valence-electron chi connectivity index (χ4n) is 3.03. The summed E-state index contributed by atoms with van der Waals surface area (Å²) in [5, 5.41) is 36.2. The van der Waals surface area contributed by atoms with Gasteiger partial charge in [-0.15, -0.1) is 11.8 Å². The highest BCUT2D eigenvalue weighted by atomic mass is 32.2. The number of rotatable bonds is 8. The summed E-state index contributed by atoms with van der Waals surface area (Å²) in [7, 11) is 2.69. The second-order valence-corrected chi connectivity index (χ2v) is 9.61. The molecule has 178 valence electrons. The van der Waals surface area contributed by atoms with Gasteiger partial charge in [0.05, 0.1) is 12.8 Å². The number of allylic oxidation sites excluding steroid dienone is 1. The van der Waals surface area contributed by atoms with E-state index in [0.717, 1.165) is 4.90 Å². The molecule has 32 heavy (non-hydrogen) atoms. The molecule has 5 atom stereocenters. The number of thioether (sulfide) groups is 1. The minimum absolute atomic E-state index is 0.240. The fraction of sp³-hybridized carbons (Fsp3) is 0.545. The molecule has 1 aromatic carbocycles. The molecule has 0 saturated carbocycles. The Morgan fingerprint density at radius 3 is 2.53 bits per heavy atom. The average molecular weight is 469 g/mol. The lowest BCUT2D eigenvalue weighted by molar-refractivity contribution is -0.150. The highest BCUT2D eigenvalue weighted by Crippen LogP contribution is 2.37. The standard InChI is InChI=1S/C22H32N2O7S/c1-22(2,3)10-9-13(25)17(26)18(27)19(31-5)21(29)23-12-11-32-15-8-6-7-14(30-4)16(15)24-20(12)28/h6-10,12-13,17-19,25-27H,11H2,1-5H3,(H,23,29)(H,24,28)/t12-,13?,17?,18?,19?/m0/s1. The zero-order valence-electron chi connectivity index (χ0n) is 18.9. The minimum atomic E-state index is -1.72. The predicted molar refractivity (Wildman–Crippen MR) is 122 cm³/mol. The summed E-state index contributed by atoms with van der Waals surface area (Å²) in [4.78, 5) is 26.2. The van der Waals surface area contributed by atoms with E-state index < -0.39 is 42.3 Å². The van der Waals surface area contributed by atoms with Crippen molar-refractivity contribution in [1.29, 1.82) is 0 Å². The summed E-state index contributed by atoms with van der Waals surface area (Å²) >= 11 is 1.36. The van der Waals surface area contributed by atoms with Crippen LogP contribution < -0.4 is 15.4 Å². The first-order valence-electron chi connectivity index (χ1n) is 10.2. The first-order chi connectivity index (χ1) is 15.0. The summed E-state index contributed by atoms with van der Waals surface area (Å²) in [5.41, 5.74) is 0.281. The molecule has 1 heterocycles. The molecular weight excluding hydrogens is 436 g/mol. The summed E-state index contributed by atoms with van der Waals surface area (Å²) in [5.74, 6) is -0.498. The lowest BCUT2D eigenvalue weighted by Gasteiger charge is -2.28. The van der Waals surface area contributed by atoms with E-state index in [2.05, 4.69) is 10.6 Å². The number of para-hydroxylation sites is 1. The Bertz CT molecular complexity index is 840. The van der Waals surface area contributed by atoms with Gasteiger partial charge in [0.2, 0.25) is 5.91 Å². The summed E-state index contributed by atoms with van der Waals surface area (Å²) in [6.45, 7) is 5.73. The smallest absolute Gasteiger partial charge is 0.252 e. The largest absolute Gasteiger partial charge is 0.495 e. The molecule has 5 N–H and O–H groups in total. The van der Waals surface area contributed by atoms with E-state index in [1.54, 1.807) is 18.2 Å². The Labute approximate surface area is 192 Å². The molecule has 4 unspecified atom stereocenters. The Morgan fingerprint density at radius 1 is 1.25 bits per heavy atom. The number of ether oxygens (including phenoxy) is 2. The Balaban J connectivity index is 2.08. The Morgan fingerprint density at radius 2 is 1.94 bits per heavy atom. The number of methoxy groups -OCH3 is 2. The lowest BCUT2D eigenvalue weighted by atomic mass is 9.94. The number of aliphatic hydroxyl groups is 3. The third kappa shape index (κ3) is 6.69. The van der Waals surface area contributed by atoms with Crippen molar-refractivity contribution in [1.82, 2.24) is 5.32 Å². The number of hydrogen-bond acceptors (Lipinski definition) is 8. The number of aliphatic hydroxyl groups excluding tert-OH is 3. The highest BCUT2D eigenvalue weighted by Gasteiger charge is 2.37. The second kappa shape index (κ2) is 11.2. The van der Waals surface area contributed by atoms with Crippen molar-refractivity contribution in [3.63, 3.8) is 0 Å². The van der Waals surface area contributed by atoms with Gasteiger partial charge in [-0.05, 0) is 17.5 Å². The van der Waals surface area contributed by atoms with Crippen molar-refractivity contribution in [3.05, 3.63) is 30.4 Å². The number of nitrogens with one attached hydrogen (secondary N) is 2. The van der Waals surface area contributed by atoms with E-state index >= 15 is 0 Å². The van der Waals surface area contributed by atoms with E-state index in [1.165, 1.54) is 32.1 Å². The van der Waals surface area contributed by atoms with Crippen molar-refractivity contribution in [2.45, 2.75) is 56.1 Å². The quantitative estimate of drug-likeness (QED) is 0.355. The summed E-state index contributed by atoms with van der Waals surface area (Å²) in [6, 6.07) is 4.43. The predicted octanol–water partition coefficient (Wildman–Crippen LogP) is 0.924. The summed E-state index contributed by atoms with van der Waals surface area (Å²) in [6.07, 6.45) is -3.25. The summed E-state index contributed by atoms with van der Waals surface area (Å²) < 4.78 is 10.4. The van der Waals surface area contributed by atoms with Gasteiger partial charge in [0.1, 0.15) is 30.1 Å². The van der Waals surface area contributed by atoms with Crippen LogP contribution in [-0.2, 0) is 14.3 Å². The minimum Gasteiger partial charge on any atom is -0.495 e. The van der Waals surface area contributed by atoms with Crippen LogP contribution in [0.15, 0.2) is 35.2 Å². The van der Waals surface area contributed by atoms with Gasteiger partial charge >= 0.3 is 0 Å². The van der Waals surface area contributed by atoms with Crippen molar-refractivity contribution in [2.75, 3.05) is 25.3 Å². The normalized spacial score (nSPS) is 20.5. The number of benzene rings is 1. The number of carbonyl (C=O) groups excluding carboxylic acids is 2. The van der Waals surface area contributed by atoms with Gasteiger partial charge in [-0.25, -0.2) is 0 Å². The molecular formula is C22H32N2O7S. The van der Waals surface area contributed by atoms with Crippen LogP contribution in [0.4, 0.5) is 5.69 Å². The van der Waals surface area contributed by atoms with E-state index in [9.17, 15) is 24.9 Å². The molecule has 1 aromatic rings. The van der Waals surface area contributed by atoms with Crippen LogP contribution >= 0.6 is 11.8 Å². The maximum absolute atomic E-state index is 12.8. The number of carbonyl (C=O) groups is 2. The molecule has 0 spiro atoms. The van der Waals surface area contributed by atoms with Gasteiger partial charge in [-0.2, -0.15) is 0 Å². The van der Waals surface area contributed by atoms with E-state index in [0.29, 0.717) is 11.4 Å². The Kier molecular flexibility index (Phi) is 9.11. The zero-order chi connectivity index (χ0) is 24.1. The van der Waals surface area contributed by atoms with Gasteiger partial charge in [-0.3, -0.25) is 9.59 Å². The topological polar surface area (TPSA) is 137 Å². The molecule has 0 aliphatic carbocycles. The molecule has 1 aliphatic rings. The lowest BCUT2D eigenvalue weighted by Crippen LogP contribution is -2.55. The number of hydrogen-bond donors (Lipinski definition) is 5. The third-order valence-electron chi connectivity index (χ3n) is 4.81. The van der Waals surface area contributed by atoms with E-state index in [4.69, 9.17) is 9.47 Å².